The molecule has 0 aliphatic carbocycles. The number of hydrogen-bond donors (Lipinski definition) is 1. The monoisotopic (exact) mass is 256 g/mol. The molecule has 0 spiro atoms. The lowest BCUT2D eigenvalue weighted by Crippen LogP contribution is -2.57. The molecule has 1 N–H and O–H groups in total. The van der Waals surface area contributed by atoms with Crippen molar-refractivity contribution in [2.24, 2.45) is 5.92 Å². The second-order valence-electron chi connectivity index (χ2n) is 6.82. The number of nitrogens with zero attached hydrogens (tertiary/aromatic N) is 1. The molecule has 0 aromatic rings. The Hall–Kier alpha value is -0.120. The third kappa shape index (κ3) is 4.87. The Morgan fingerprint density at radius 2 is 2.00 bits per heavy atom. The normalized spacial score (nSPS) is 24.5. The van der Waals surface area contributed by atoms with E-state index in [1.165, 1.54) is 6.42 Å². The van der Waals surface area contributed by atoms with Crippen molar-refractivity contribution >= 4 is 0 Å². The van der Waals surface area contributed by atoms with Crippen LogP contribution < -0.4 is 5.32 Å². The number of hydrogen-bond acceptors (Lipinski definition) is 3. The smallest absolute Gasteiger partial charge is 0.0622 e. The first kappa shape index (κ1) is 15.9. The molecule has 1 rings (SSSR count). The van der Waals surface area contributed by atoms with Crippen LogP contribution in [0.5, 0.6) is 0 Å². The summed E-state index contributed by atoms with van der Waals surface area (Å²) in [5, 5.41) is 3.66. The molecule has 3 heteroatoms. The van der Waals surface area contributed by atoms with Crippen LogP contribution in [0.4, 0.5) is 0 Å². The molecule has 1 aliphatic rings. The lowest BCUT2D eigenvalue weighted by atomic mass is 9.97. The molecule has 3 nitrogen and oxygen atoms in total. The number of rotatable bonds is 5. The molecule has 1 heterocycles. The number of morpholine rings is 1. The van der Waals surface area contributed by atoms with Crippen LogP contribution in [0.3, 0.4) is 0 Å². The lowest BCUT2D eigenvalue weighted by Gasteiger charge is -2.43. The summed E-state index contributed by atoms with van der Waals surface area (Å²) in [6.07, 6.45) is 1.18. The summed E-state index contributed by atoms with van der Waals surface area (Å²) in [7, 11) is 0. The molecular formula is C15H32N2O. The third-order valence-electron chi connectivity index (χ3n) is 3.78. The van der Waals surface area contributed by atoms with Gasteiger partial charge in [-0.1, -0.05) is 20.8 Å². The van der Waals surface area contributed by atoms with E-state index in [9.17, 15) is 0 Å². The summed E-state index contributed by atoms with van der Waals surface area (Å²) in [4.78, 5) is 2.66. The molecule has 108 valence electrons. The zero-order chi connectivity index (χ0) is 13.8. The maximum Gasteiger partial charge on any atom is 0.0622 e. The highest BCUT2D eigenvalue weighted by Crippen LogP contribution is 2.19. The largest absolute Gasteiger partial charge is 0.378 e. The molecule has 2 atom stereocenters. The van der Waals surface area contributed by atoms with Gasteiger partial charge in [0.05, 0.1) is 13.2 Å². The van der Waals surface area contributed by atoms with Gasteiger partial charge in [0.25, 0.3) is 0 Å². The predicted octanol–water partition coefficient (Wildman–Crippen LogP) is 2.51. The molecule has 0 amide bonds. The Morgan fingerprint density at radius 3 is 2.50 bits per heavy atom. The highest BCUT2D eigenvalue weighted by atomic mass is 16.5. The van der Waals surface area contributed by atoms with Crippen molar-refractivity contribution in [2.45, 2.75) is 65.6 Å². The topological polar surface area (TPSA) is 24.5 Å². The summed E-state index contributed by atoms with van der Waals surface area (Å²) < 4.78 is 5.62. The molecule has 0 aromatic carbocycles. The highest BCUT2D eigenvalue weighted by Gasteiger charge is 2.30. The Morgan fingerprint density at radius 1 is 1.33 bits per heavy atom. The van der Waals surface area contributed by atoms with Gasteiger partial charge in [-0.25, -0.2) is 0 Å². The van der Waals surface area contributed by atoms with Gasteiger partial charge in [0.2, 0.25) is 0 Å². The lowest BCUT2D eigenvalue weighted by molar-refractivity contribution is -0.0399. The van der Waals surface area contributed by atoms with E-state index >= 15 is 0 Å². The van der Waals surface area contributed by atoms with Crippen LogP contribution in [-0.2, 0) is 4.74 Å². The minimum atomic E-state index is 0.196. The van der Waals surface area contributed by atoms with Gasteiger partial charge in [0.1, 0.15) is 0 Å². The van der Waals surface area contributed by atoms with Crippen molar-refractivity contribution in [3.05, 3.63) is 0 Å². The molecule has 0 radical (unpaired) electrons. The summed E-state index contributed by atoms with van der Waals surface area (Å²) in [6, 6.07) is 1.20. The first-order chi connectivity index (χ1) is 8.35. The molecule has 0 aromatic heterocycles. The van der Waals surface area contributed by atoms with E-state index in [4.69, 9.17) is 4.74 Å². The van der Waals surface area contributed by atoms with E-state index in [0.717, 1.165) is 26.3 Å². The van der Waals surface area contributed by atoms with Gasteiger partial charge in [-0.3, -0.25) is 4.90 Å². The fraction of sp³-hybridized carbons (Fsp3) is 1.00. The van der Waals surface area contributed by atoms with Gasteiger partial charge in [0.15, 0.2) is 0 Å². The van der Waals surface area contributed by atoms with Gasteiger partial charge < -0.3 is 10.1 Å². The molecule has 0 saturated carbocycles. The summed E-state index contributed by atoms with van der Waals surface area (Å²) >= 11 is 0. The quantitative estimate of drug-likeness (QED) is 0.818. The minimum Gasteiger partial charge on any atom is -0.378 e. The average molecular weight is 256 g/mol. The van der Waals surface area contributed by atoms with Crippen LogP contribution in [0.1, 0.15) is 48.0 Å². The molecule has 1 aliphatic heterocycles. The molecule has 1 fully saturated rings. The average Bonchev–Trinajstić information content (AvgIpc) is 2.28. The third-order valence-corrected chi connectivity index (χ3v) is 3.78. The van der Waals surface area contributed by atoms with Crippen LogP contribution in [0.25, 0.3) is 0 Å². The van der Waals surface area contributed by atoms with Crippen molar-refractivity contribution in [3.8, 4) is 0 Å². The van der Waals surface area contributed by atoms with Crippen molar-refractivity contribution in [1.29, 1.82) is 0 Å². The van der Waals surface area contributed by atoms with Crippen LogP contribution >= 0.6 is 0 Å². The molecule has 1 saturated heterocycles. The SMILES string of the molecule is CCC1COCCN1C(CNC(C)(C)C)C(C)C. The van der Waals surface area contributed by atoms with Gasteiger partial charge in [-0.2, -0.15) is 0 Å². The Balaban J connectivity index is 2.64. The van der Waals surface area contributed by atoms with E-state index in [2.05, 4.69) is 51.8 Å². The zero-order valence-corrected chi connectivity index (χ0v) is 13.1. The highest BCUT2D eigenvalue weighted by molar-refractivity contribution is 4.86. The predicted molar refractivity (Wildman–Crippen MR) is 78.0 cm³/mol. The summed E-state index contributed by atoms with van der Waals surface area (Å²) in [5.41, 5.74) is 0.196. The number of nitrogens with one attached hydrogen (secondary N) is 1. The fourth-order valence-corrected chi connectivity index (χ4v) is 2.60. The fourth-order valence-electron chi connectivity index (χ4n) is 2.60. The van der Waals surface area contributed by atoms with E-state index in [-0.39, 0.29) is 5.54 Å². The second kappa shape index (κ2) is 6.88. The van der Waals surface area contributed by atoms with Crippen LogP contribution in [-0.4, -0.2) is 48.8 Å². The van der Waals surface area contributed by atoms with Gasteiger partial charge in [0, 0.05) is 30.7 Å². The van der Waals surface area contributed by atoms with Crippen molar-refractivity contribution in [1.82, 2.24) is 10.2 Å². The standard InChI is InChI=1S/C15H32N2O/c1-7-13-11-18-9-8-17(13)14(12(2)3)10-16-15(4,5)6/h12-14,16H,7-11H2,1-6H3. The van der Waals surface area contributed by atoms with E-state index in [0.29, 0.717) is 18.0 Å². The van der Waals surface area contributed by atoms with E-state index < -0.39 is 0 Å². The van der Waals surface area contributed by atoms with E-state index in [1.54, 1.807) is 0 Å². The van der Waals surface area contributed by atoms with Crippen molar-refractivity contribution in [3.63, 3.8) is 0 Å². The summed E-state index contributed by atoms with van der Waals surface area (Å²) in [6.45, 7) is 17.6. The maximum absolute atomic E-state index is 5.62. The first-order valence-corrected chi connectivity index (χ1v) is 7.43. The second-order valence-corrected chi connectivity index (χ2v) is 6.82. The van der Waals surface area contributed by atoms with Crippen molar-refractivity contribution in [2.75, 3.05) is 26.3 Å². The first-order valence-electron chi connectivity index (χ1n) is 7.43. The molecular weight excluding hydrogens is 224 g/mol. The van der Waals surface area contributed by atoms with Crippen molar-refractivity contribution < 1.29 is 4.74 Å². The Bertz CT molecular complexity index is 235. The van der Waals surface area contributed by atoms with Gasteiger partial charge in [-0.15, -0.1) is 0 Å². The molecule has 18 heavy (non-hydrogen) atoms. The molecule has 0 bridgehead atoms. The molecule has 2 unspecified atom stereocenters. The van der Waals surface area contributed by atoms with E-state index in [1.807, 2.05) is 0 Å². The zero-order valence-electron chi connectivity index (χ0n) is 13.1. The Labute approximate surface area is 113 Å². The Kier molecular flexibility index (Phi) is 6.09. The van der Waals surface area contributed by atoms with Crippen LogP contribution in [0.2, 0.25) is 0 Å². The number of ether oxygens (including phenoxy) is 1. The van der Waals surface area contributed by atoms with Crippen LogP contribution in [0, 0.1) is 5.92 Å². The van der Waals surface area contributed by atoms with Gasteiger partial charge >= 0.3 is 0 Å². The summed E-state index contributed by atoms with van der Waals surface area (Å²) in [5.74, 6) is 0.673. The van der Waals surface area contributed by atoms with Crippen LogP contribution in [0.15, 0.2) is 0 Å². The minimum absolute atomic E-state index is 0.196. The van der Waals surface area contributed by atoms with Gasteiger partial charge in [-0.05, 0) is 33.1 Å². The maximum atomic E-state index is 5.62.